The lowest BCUT2D eigenvalue weighted by molar-refractivity contribution is -0.143. The van der Waals surface area contributed by atoms with E-state index in [-0.39, 0.29) is 13.1 Å². The van der Waals surface area contributed by atoms with Crippen molar-refractivity contribution in [2.45, 2.75) is 12.6 Å². The summed E-state index contributed by atoms with van der Waals surface area (Å²) in [5.41, 5.74) is 0.838. The first kappa shape index (κ1) is 19.8. The Morgan fingerprint density at radius 2 is 1.83 bits per heavy atom. The fraction of sp³-hybridized carbons (Fsp3) is 0.467. The van der Waals surface area contributed by atoms with Gasteiger partial charge in [-0.2, -0.15) is 13.2 Å². The molecule has 0 aliphatic carbocycles. The SMILES string of the molecule is COC(=O)c1ccc(NC(=O)NCCCN(C)CC(F)(F)F)cc1. The predicted octanol–water partition coefficient (Wildman–Crippen LogP) is 2.48. The summed E-state index contributed by atoms with van der Waals surface area (Å²) >= 11 is 0. The largest absolute Gasteiger partial charge is 0.465 e. The number of carbonyl (C=O) groups is 2. The fourth-order valence-corrected chi connectivity index (χ4v) is 1.92. The molecule has 1 aromatic rings. The van der Waals surface area contributed by atoms with Gasteiger partial charge >= 0.3 is 18.2 Å². The Balaban J connectivity index is 2.28. The summed E-state index contributed by atoms with van der Waals surface area (Å²) < 4.78 is 41.0. The van der Waals surface area contributed by atoms with E-state index in [4.69, 9.17) is 0 Å². The summed E-state index contributed by atoms with van der Waals surface area (Å²) in [6, 6.07) is 5.63. The minimum Gasteiger partial charge on any atom is -0.465 e. The van der Waals surface area contributed by atoms with Crippen LogP contribution in [0.2, 0.25) is 0 Å². The van der Waals surface area contributed by atoms with Crippen molar-refractivity contribution in [2.24, 2.45) is 0 Å². The highest BCUT2D eigenvalue weighted by Crippen LogP contribution is 2.15. The summed E-state index contributed by atoms with van der Waals surface area (Å²) in [7, 11) is 2.64. The van der Waals surface area contributed by atoms with Crippen LogP contribution in [-0.4, -0.2) is 56.9 Å². The number of nitrogens with zero attached hydrogens (tertiary/aromatic N) is 1. The Labute approximate surface area is 138 Å². The van der Waals surface area contributed by atoms with Crippen molar-refractivity contribution in [3.8, 4) is 0 Å². The van der Waals surface area contributed by atoms with Crippen molar-refractivity contribution in [1.29, 1.82) is 0 Å². The van der Waals surface area contributed by atoms with Gasteiger partial charge in [-0.15, -0.1) is 0 Å². The zero-order valence-electron chi connectivity index (χ0n) is 13.4. The Hall–Kier alpha value is -2.29. The molecule has 0 unspecified atom stereocenters. The predicted molar refractivity (Wildman–Crippen MR) is 83.0 cm³/mol. The number of rotatable bonds is 7. The number of urea groups is 1. The molecule has 134 valence electrons. The van der Waals surface area contributed by atoms with Crippen molar-refractivity contribution in [1.82, 2.24) is 10.2 Å². The van der Waals surface area contributed by atoms with Crippen LogP contribution >= 0.6 is 0 Å². The lowest BCUT2D eigenvalue weighted by atomic mass is 10.2. The molecule has 0 heterocycles. The molecule has 0 fully saturated rings. The normalized spacial score (nSPS) is 11.2. The van der Waals surface area contributed by atoms with Gasteiger partial charge in [0.25, 0.3) is 0 Å². The number of ether oxygens (including phenoxy) is 1. The van der Waals surface area contributed by atoms with Gasteiger partial charge in [-0.25, -0.2) is 9.59 Å². The fourth-order valence-electron chi connectivity index (χ4n) is 1.92. The number of nitrogens with one attached hydrogen (secondary N) is 2. The molecule has 2 N–H and O–H groups in total. The molecule has 0 aliphatic heterocycles. The van der Waals surface area contributed by atoms with E-state index in [0.29, 0.717) is 17.7 Å². The molecular formula is C15H20F3N3O3. The molecule has 0 radical (unpaired) electrons. The molecule has 0 bridgehead atoms. The number of carbonyl (C=O) groups excluding carboxylic acids is 2. The second kappa shape index (κ2) is 9.11. The number of hydrogen-bond acceptors (Lipinski definition) is 4. The topological polar surface area (TPSA) is 70.7 Å². The Kier molecular flexibility index (Phi) is 7.50. The third kappa shape index (κ3) is 7.82. The molecule has 1 rings (SSSR count). The highest BCUT2D eigenvalue weighted by Gasteiger charge is 2.28. The Morgan fingerprint density at radius 3 is 2.38 bits per heavy atom. The lowest BCUT2D eigenvalue weighted by Crippen LogP contribution is -2.34. The van der Waals surface area contributed by atoms with Crippen LogP contribution in [0.25, 0.3) is 0 Å². The number of alkyl halides is 3. The molecule has 0 aromatic heterocycles. The van der Waals surface area contributed by atoms with Crippen LogP contribution in [0.15, 0.2) is 24.3 Å². The van der Waals surface area contributed by atoms with Gasteiger partial charge in [-0.3, -0.25) is 4.90 Å². The van der Waals surface area contributed by atoms with Crippen molar-refractivity contribution < 1.29 is 27.5 Å². The number of methoxy groups -OCH3 is 1. The van der Waals surface area contributed by atoms with Crippen LogP contribution in [0.5, 0.6) is 0 Å². The first-order valence-electron chi connectivity index (χ1n) is 7.20. The Morgan fingerprint density at radius 1 is 1.21 bits per heavy atom. The smallest absolute Gasteiger partial charge is 0.401 e. The average molecular weight is 347 g/mol. The molecule has 2 amide bonds. The van der Waals surface area contributed by atoms with E-state index in [1.165, 1.54) is 26.3 Å². The second-order valence-corrected chi connectivity index (χ2v) is 5.16. The second-order valence-electron chi connectivity index (χ2n) is 5.16. The number of anilines is 1. The van der Waals surface area contributed by atoms with Crippen LogP contribution in [0.4, 0.5) is 23.7 Å². The van der Waals surface area contributed by atoms with E-state index in [1.807, 2.05) is 0 Å². The van der Waals surface area contributed by atoms with Gasteiger partial charge in [-0.05, 0) is 44.3 Å². The van der Waals surface area contributed by atoms with Gasteiger partial charge in [-0.1, -0.05) is 0 Å². The highest BCUT2D eigenvalue weighted by molar-refractivity contribution is 5.92. The van der Waals surface area contributed by atoms with Gasteiger partial charge in [0, 0.05) is 12.2 Å². The van der Waals surface area contributed by atoms with Crippen molar-refractivity contribution in [3.05, 3.63) is 29.8 Å². The van der Waals surface area contributed by atoms with E-state index < -0.39 is 24.7 Å². The third-order valence-electron chi connectivity index (χ3n) is 3.02. The summed E-state index contributed by atoms with van der Waals surface area (Å²) in [6.07, 6.45) is -3.84. The summed E-state index contributed by atoms with van der Waals surface area (Å²) in [5.74, 6) is -0.478. The monoisotopic (exact) mass is 347 g/mol. The quantitative estimate of drug-likeness (QED) is 0.587. The number of halogens is 3. The summed E-state index contributed by atoms with van der Waals surface area (Å²) in [4.78, 5) is 24.1. The average Bonchev–Trinajstić information content (AvgIpc) is 2.50. The Bertz CT molecular complexity index is 547. The number of benzene rings is 1. The third-order valence-corrected chi connectivity index (χ3v) is 3.02. The summed E-state index contributed by atoms with van der Waals surface area (Å²) in [5, 5.41) is 5.10. The van der Waals surface area contributed by atoms with Crippen LogP contribution in [0.1, 0.15) is 16.8 Å². The van der Waals surface area contributed by atoms with Crippen molar-refractivity contribution in [3.63, 3.8) is 0 Å². The van der Waals surface area contributed by atoms with Gasteiger partial charge in [0.2, 0.25) is 0 Å². The maximum atomic E-state index is 12.1. The van der Waals surface area contributed by atoms with Gasteiger partial charge in [0.15, 0.2) is 0 Å². The van der Waals surface area contributed by atoms with E-state index in [2.05, 4.69) is 15.4 Å². The maximum absolute atomic E-state index is 12.1. The maximum Gasteiger partial charge on any atom is 0.401 e. The molecule has 0 spiro atoms. The zero-order valence-corrected chi connectivity index (χ0v) is 13.4. The lowest BCUT2D eigenvalue weighted by Gasteiger charge is -2.18. The molecule has 0 saturated carbocycles. The molecule has 1 aromatic carbocycles. The van der Waals surface area contributed by atoms with Crippen LogP contribution in [0, 0.1) is 0 Å². The van der Waals surface area contributed by atoms with Crippen molar-refractivity contribution in [2.75, 3.05) is 39.1 Å². The minimum atomic E-state index is -4.23. The van der Waals surface area contributed by atoms with E-state index >= 15 is 0 Å². The number of esters is 1. The first-order chi connectivity index (χ1) is 11.2. The van der Waals surface area contributed by atoms with Gasteiger partial charge in [0.1, 0.15) is 0 Å². The minimum absolute atomic E-state index is 0.216. The van der Waals surface area contributed by atoms with E-state index in [0.717, 1.165) is 4.90 Å². The molecule has 0 atom stereocenters. The molecule has 9 heteroatoms. The zero-order chi connectivity index (χ0) is 18.2. The van der Waals surface area contributed by atoms with Gasteiger partial charge in [0.05, 0.1) is 19.2 Å². The molecular weight excluding hydrogens is 327 g/mol. The molecule has 24 heavy (non-hydrogen) atoms. The highest BCUT2D eigenvalue weighted by atomic mass is 19.4. The van der Waals surface area contributed by atoms with Gasteiger partial charge < -0.3 is 15.4 Å². The van der Waals surface area contributed by atoms with E-state index in [9.17, 15) is 22.8 Å². The molecule has 0 aliphatic rings. The molecule has 6 nitrogen and oxygen atoms in total. The van der Waals surface area contributed by atoms with Crippen LogP contribution < -0.4 is 10.6 Å². The number of amides is 2. The van der Waals surface area contributed by atoms with E-state index in [1.54, 1.807) is 12.1 Å². The van der Waals surface area contributed by atoms with Crippen molar-refractivity contribution >= 4 is 17.7 Å². The first-order valence-corrected chi connectivity index (χ1v) is 7.20. The molecule has 0 saturated heterocycles. The summed E-state index contributed by atoms with van der Waals surface area (Å²) in [6.45, 7) is -0.520. The van der Waals surface area contributed by atoms with Crippen LogP contribution in [-0.2, 0) is 4.74 Å². The van der Waals surface area contributed by atoms with Crippen LogP contribution in [0.3, 0.4) is 0 Å². The standard InChI is InChI=1S/C15H20F3N3O3/c1-21(10-15(16,17)18)9-3-8-19-14(23)20-12-6-4-11(5-7-12)13(22)24-2/h4-7H,3,8-10H2,1-2H3,(H2,19,20,23). The number of hydrogen-bond donors (Lipinski definition) is 2.